The van der Waals surface area contributed by atoms with Gasteiger partial charge in [-0.25, -0.2) is 9.97 Å². The van der Waals surface area contributed by atoms with Crippen LogP contribution in [0.25, 0.3) is 0 Å². The minimum atomic E-state index is -0.317. The van der Waals surface area contributed by atoms with E-state index in [0.29, 0.717) is 37.2 Å². The Bertz CT molecular complexity index is 748. The Morgan fingerprint density at radius 1 is 1.39 bits per heavy atom. The third kappa shape index (κ3) is 4.04. The van der Waals surface area contributed by atoms with Crippen LogP contribution in [-0.4, -0.2) is 22.9 Å². The quantitative estimate of drug-likeness (QED) is 0.792. The van der Waals surface area contributed by atoms with Gasteiger partial charge in [-0.1, -0.05) is 23.2 Å². The van der Waals surface area contributed by atoms with E-state index in [4.69, 9.17) is 33.7 Å². The summed E-state index contributed by atoms with van der Waals surface area (Å²) < 4.78 is 6.28. The molecule has 3 N–H and O–H groups in total. The number of ether oxygens (including phenoxy) is 1. The largest absolute Gasteiger partial charge is 0.485 e. The van der Waals surface area contributed by atoms with Gasteiger partial charge < -0.3 is 15.8 Å². The molecule has 6 nitrogen and oxygen atoms in total. The molecule has 0 aliphatic heterocycles. The van der Waals surface area contributed by atoms with Crippen molar-refractivity contribution in [3.63, 3.8) is 0 Å². The van der Waals surface area contributed by atoms with Crippen LogP contribution in [-0.2, 0) is 6.61 Å². The van der Waals surface area contributed by atoms with Gasteiger partial charge in [-0.2, -0.15) is 0 Å². The minimum absolute atomic E-state index is 0.00370. The predicted molar refractivity (Wildman–Crippen MR) is 93.1 cm³/mol. The van der Waals surface area contributed by atoms with Gasteiger partial charge in [0.25, 0.3) is 5.91 Å². The fourth-order valence-electron chi connectivity index (χ4n) is 1.99. The zero-order valence-corrected chi connectivity index (χ0v) is 15.4. The maximum Gasteiger partial charge on any atom is 0.254 e. The molecule has 0 atom stereocenters. The maximum absolute atomic E-state index is 12.0. The van der Waals surface area contributed by atoms with Gasteiger partial charge in [0.05, 0.1) is 26.4 Å². The fraction of sp³-hybridized carbons (Fsp3) is 0.214. The van der Waals surface area contributed by atoms with Crippen molar-refractivity contribution >= 4 is 51.0 Å². The summed E-state index contributed by atoms with van der Waals surface area (Å²) in [4.78, 5) is 20.1. The van der Waals surface area contributed by atoms with E-state index in [-0.39, 0.29) is 18.5 Å². The van der Waals surface area contributed by atoms with E-state index >= 15 is 0 Å². The van der Waals surface area contributed by atoms with E-state index in [1.165, 1.54) is 7.05 Å². The molecule has 0 spiro atoms. The summed E-state index contributed by atoms with van der Waals surface area (Å²) in [5.74, 6) is 0.145. The standard InChI is InChI=1S/C14H13BrCl2N4O2/c1-6-11(13(22)19-2)10(21-14(18)20-6)5-23-12-8(15)3-7(16)4-9(12)17/h3-4H,5H2,1-2H3,(H,19,22)(H2,18,20,21). The highest BCUT2D eigenvalue weighted by molar-refractivity contribution is 9.10. The maximum atomic E-state index is 12.0. The Morgan fingerprint density at radius 3 is 2.70 bits per heavy atom. The number of nitrogens with two attached hydrogens (primary N) is 1. The summed E-state index contributed by atoms with van der Waals surface area (Å²) in [5, 5.41) is 3.35. The van der Waals surface area contributed by atoms with E-state index in [2.05, 4.69) is 31.2 Å². The number of aromatic nitrogens is 2. The number of hydrogen-bond acceptors (Lipinski definition) is 5. The average Bonchev–Trinajstić information content (AvgIpc) is 2.44. The van der Waals surface area contributed by atoms with Gasteiger partial charge in [-0.15, -0.1) is 0 Å². The molecule has 2 rings (SSSR count). The lowest BCUT2D eigenvalue weighted by atomic mass is 10.1. The molecular formula is C14H13BrCl2N4O2. The number of halogens is 3. The predicted octanol–water partition coefficient (Wildman–Crippen LogP) is 3.38. The number of nitrogens with one attached hydrogen (secondary N) is 1. The van der Waals surface area contributed by atoms with Crippen LogP contribution >= 0.6 is 39.1 Å². The zero-order chi connectivity index (χ0) is 17.1. The number of carbonyl (C=O) groups is 1. The molecule has 2 aromatic rings. The summed E-state index contributed by atoms with van der Waals surface area (Å²) in [6, 6.07) is 3.21. The Morgan fingerprint density at radius 2 is 2.09 bits per heavy atom. The molecule has 0 aliphatic carbocycles. The molecule has 0 saturated carbocycles. The summed E-state index contributed by atoms with van der Waals surface area (Å²) >= 11 is 15.4. The summed E-state index contributed by atoms with van der Waals surface area (Å²) in [6.45, 7) is 1.67. The third-order valence-corrected chi connectivity index (χ3v) is 4.04. The lowest BCUT2D eigenvalue weighted by molar-refractivity contribution is 0.0959. The summed E-state index contributed by atoms with van der Waals surface area (Å²) in [7, 11) is 1.52. The average molecular weight is 420 g/mol. The number of hydrogen-bond donors (Lipinski definition) is 2. The first kappa shape index (κ1) is 17.8. The second-order valence-electron chi connectivity index (χ2n) is 4.56. The molecular weight excluding hydrogens is 407 g/mol. The lowest BCUT2D eigenvalue weighted by Crippen LogP contribution is -2.23. The number of nitrogen functional groups attached to an aromatic ring is 1. The third-order valence-electron chi connectivity index (χ3n) is 2.95. The van der Waals surface area contributed by atoms with E-state index in [1.807, 2.05) is 0 Å². The van der Waals surface area contributed by atoms with Gasteiger partial charge in [0.15, 0.2) is 5.75 Å². The van der Waals surface area contributed by atoms with Gasteiger partial charge in [-0.05, 0) is 35.0 Å². The molecule has 0 saturated heterocycles. The molecule has 1 amide bonds. The molecule has 0 bridgehead atoms. The number of rotatable bonds is 4. The van der Waals surface area contributed by atoms with E-state index < -0.39 is 0 Å². The molecule has 1 heterocycles. The first-order valence-electron chi connectivity index (χ1n) is 6.46. The molecule has 9 heteroatoms. The molecule has 1 aromatic carbocycles. The highest BCUT2D eigenvalue weighted by Gasteiger charge is 2.18. The van der Waals surface area contributed by atoms with Crippen LogP contribution in [0.2, 0.25) is 10.0 Å². The number of nitrogens with zero attached hydrogens (tertiary/aromatic N) is 2. The molecule has 1 aromatic heterocycles. The summed E-state index contributed by atoms with van der Waals surface area (Å²) in [5.41, 5.74) is 6.82. The van der Waals surface area contributed by atoms with Crippen LogP contribution in [0, 0.1) is 6.92 Å². The zero-order valence-electron chi connectivity index (χ0n) is 12.3. The number of anilines is 1. The lowest BCUT2D eigenvalue weighted by Gasteiger charge is -2.14. The molecule has 0 radical (unpaired) electrons. The minimum Gasteiger partial charge on any atom is -0.485 e. The van der Waals surface area contributed by atoms with Crippen LogP contribution in [0.4, 0.5) is 5.95 Å². The Balaban J connectivity index is 2.36. The van der Waals surface area contributed by atoms with Crippen molar-refractivity contribution in [2.75, 3.05) is 12.8 Å². The van der Waals surface area contributed by atoms with Gasteiger partial charge >= 0.3 is 0 Å². The van der Waals surface area contributed by atoms with Crippen molar-refractivity contribution < 1.29 is 9.53 Å². The van der Waals surface area contributed by atoms with Crippen molar-refractivity contribution in [2.24, 2.45) is 0 Å². The van der Waals surface area contributed by atoms with Crippen molar-refractivity contribution in [2.45, 2.75) is 13.5 Å². The second kappa shape index (κ2) is 7.33. The Hall–Kier alpha value is -1.57. The first-order chi connectivity index (χ1) is 10.8. The normalized spacial score (nSPS) is 10.5. The fourth-order valence-corrected chi connectivity index (χ4v) is 3.36. The van der Waals surface area contributed by atoms with Gasteiger partial charge in [0, 0.05) is 12.1 Å². The van der Waals surface area contributed by atoms with Crippen LogP contribution in [0.3, 0.4) is 0 Å². The molecule has 0 fully saturated rings. The van der Waals surface area contributed by atoms with Crippen LogP contribution in [0.15, 0.2) is 16.6 Å². The monoisotopic (exact) mass is 418 g/mol. The van der Waals surface area contributed by atoms with Crippen molar-refractivity contribution in [3.8, 4) is 5.75 Å². The Kier molecular flexibility index (Phi) is 5.67. The van der Waals surface area contributed by atoms with Crippen molar-refractivity contribution in [1.82, 2.24) is 15.3 Å². The molecule has 0 aliphatic rings. The van der Waals surface area contributed by atoms with Crippen LogP contribution in [0.5, 0.6) is 5.75 Å². The smallest absolute Gasteiger partial charge is 0.254 e. The van der Waals surface area contributed by atoms with Gasteiger partial charge in [0.2, 0.25) is 5.95 Å². The number of carbonyl (C=O) groups excluding carboxylic acids is 1. The van der Waals surface area contributed by atoms with E-state index in [0.717, 1.165) is 0 Å². The van der Waals surface area contributed by atoms with Gasteiger partial charge in [-0.3, -0.25) is 4.79 Å². The molecule has 0 unspecified atom stereocenters. The first-order valence-corrected chi connectivity index (χ1v) is 8.00. The van der Waals surface area contributed by atoms with Crippen molar-refractivity contribution in [1.29, 1.82) is 0 Å². The molecule has 23 heavy (non-hydrogen) atoms. The number of aryl methyl sites for hydroxylation is 1. The van der Waals surface area contributed by atoms with Crippen LogP contribution < -0.4 is 15.8 Å². The topological polar surface area (TPSA) is 90.1 Å². The molecule has 122 valence electrons. The van der Waals surface area contributed by atoms with E-state index in [1.54, 1.807) is 19.1 Å². The number of amides is 1. The number of benzene rings is 1. The van der Waals surface area contributed by atoms with Crippen LogP contribution in [0.1, 0.15) is 21.7 Å². The second-order valence-corrected chi connectivity index (χ2v) is 6.25. The van der Waals surface area contributed by atoms with Gasteiger partial charge in [0.1, 0.15) is 6.61 Å². The van der Waals surface area contributed by atoms with Crippen molar-refractivity contribution in [3.05, 3.63) is 43.6 Å². The SMILES string of the molecule is CNC(=O)c1c(C)nc(N)nc1COc1c(Cl)cc(Cl)cc1Br. The Labute approximate surface area is 151 Å². The highest BCUT2D eigenvalue weighted by Crippen LogP contribution is 2.36. The highest BCUT2D eigenvalue weighted by atomic mass is 79.9. The summed E-state index contributed by atoms with van der Waals surface area (Å²) in [6.07, 6.45) is 0. The van der Waals surface area contributed by atoms with E-state index in [9.17, 15) is 4.79 Å².